The van der Waals surface area contributed by atoms with Crippen molar-refractivity contribution in [1.29, 1.82) is 0 Å². The smallest absolute Gasteiger partial charge is 0.344 e. The van der Waals surface area contributed by atoms with Crippen LogP contribution >= 0.6 is 0 Å². The zero-order valence-electron chi connectivity index (χ0n) is 13.5. The highest BCUT2D eigenvalue weighted by Crippen LogP contribution is 2.44. The van der Waals surface area contributed by atoms with Gasteiger partial charge in [-0.15, -0.1) is 0 Å². The lowest BCUT2D eigenvalue weighted by Gasteiger charge is -2.26. The summed E-state index contributed by atoms with van der Waals surface area (Å²) in [4.78, 5) is 39.4. The minimum atomic E-state index is -0.646. The van der Waals surface area contributed by atoms with E-state index in [9.17, 15) is 14.4 Å². The van der Waals surface area contributed by atoms with Crippen LogP contribution in [0.2, 0.25) is 0 Å². The van der Waals surface area contributed by atoms with Crippen LogP contribution in [0.25, 0.3) is 5.70 Å². The van der Waals surface area contributed by atoms with Gasteiger partial charge in [0, 0.05) is 11.1 Å². The van der Waals surface area contributed by atoms with E-state index in [0.717, 1.165) is 6.42 Å². The monoisotopic (exact) mass is 313 g/mol. The molecular weight excluding hydrogens is 294 g/mol. The molecule has 1 aromatic carbocycles. The van der Waals surface area contributed by atoms with Gasteiger partial charge in [-0.2, -0.15) is 0 Å². The Bertz CT molecular complexity index is 734. The van der Waals surface area contributed by atoms with Gasteiger partial charge in [0.1, 0.15) is 11.6 Å². The van der Waals surface area contributed by atoms with E-state index in [1.807, 2.05) is 13.8 Å². The second-order valence-corrected chi connectivity index (χ2v) is 5.86. The molecule has 0 aromatic heterocycles. The van der Waals surface area contributed by atoms with Gasteiger partial charge in [0.25, 0.3) is 5.91 Å². The van der Waals surface area contributed by atoms with Gasteiger partial charge in [-0.25, -0.2) is 4.79 Å². The third kappa shape index (κ3) is 2.11. The third-order valence-corrected chi connectivity index (χ3v) is 4.56. The van der Waals surface area contributed by atoms with Crippen molar-refractivity contribution in [2.75, 3.05) is 6.61 Å². The number of Topliss-reactive ketones (excluding diaryl/α,β-unsaturated/α-hetero) is 1. The van der Waals surface area contributed by atoms with E-state index in [2.05, 4.69) is 0 Å². The van der Waals surface area contributed by atoms with Crippen LogP contribution in [0.5, 0.6) is 0 Å². The number of fused-ring (bicyclic) bond motifs is 3. The van der Waals surface area contributed by atoms with Crippen molar-refractivity contribution in [2.24, 2.45) is 5.92 Å². The van der Waals surface area contributed by atoms with Crippen LogP contribution < -0.4 is 0 Å². The first kappa shape index (κ1) is 15.5. The predicted molar refractivity (Wildman–Crippen MR) is 84.4 cm³/mol. The molecular formula is C18H19NO4. The van der Waals surface area contributed by atoms with Gasteiger partial charge in [-0.1, -0.05) is 38.5 Å². The van der Waals surface area contributed by atoms with Gasteiger partial charge in [-0.05, 0) is 18.9 Å². The minimum Gasteiger partial charge on any atom is -0.462 e. The molecule has 3 rings (SSSR count). The first-order chi connectivity index (χ1) is 11.0. The van der Waals surface area contributed by atoms with Gasteiger partial charge < -0.3 is 4.74 Å². The standard InChI is InChI=1S/C18H19NO4/c1-4-10(3)14-16(20)13(18(22)23-5-2)15-11-8-6-7-9-12(11)17(21)19(14)15/h6-10,14H,4-5H2,1-3H3/t10-,14?/m0/s1. The fourth-order valence-corrected chi connectivity index (χ4v) is 3.28. The van der Waals surface area contributed by atoms with Crippen LogP contribution in [-0.4, -0.2) is 35.2 Å². The average molecular weight is 313 g/mol. The summed E-state index contributed by atoms with van der Waals surface area (Å²) >= 11 is 0. The topological polar surface area (TPSA) is 63.7 Å². The molecule has 0 bridgehead atoms. The molecule has 0 spiro atoms. The van der Waals surface area contributed by atoms with Crippen molar-refractivity contribution in [3.8, 4) is 0 Å². The molecule has 0 N–H and O–H groups in total. The molecule has 120 valence electrons. The van der Waals surface area contributed by atoms with Crippen LogP contribution in [0.3, 0.4) is 0 Å². The fourth-order valence-electron chi connectivity index (χ4n) is 3.28. The molecule has 2 heterocycles. The molecule has 1 aromatic rings. The highest BCUT2D eigenvalue weighted by molar-refractivity contribution is 6.32. The molecule has 0 aliphatic carbocycles. The number of carbonyl (C=O) groups excluding carboxylic acids is 3. The number of rotatable bonds is 4. The zero-order chi connectivity index (χ0) is 16.7. The lowest BCUT2D eigenvalue weighted by atomic mass is 9.92. The van der Waals surface area contributed by atoms with Crippen molar-refractivity contribution >= 4 is 23.4 Å². The summed E-state index contributed by atoms with van der Waals surface area (Å²) in [6, 6.07) is 6.45. The number of benzene rings is 1. The Morgan fingerprint density at radius 1 is 1.22 bits per heavy atom. The predicted octanol–water partition coefficient (Wildman–Crippen LogP) is 2.41. The first-order valence-corrected chi connectivity index (χ1v) is 7.91. The van der Waals surface area contributed by atoms with Crippen LogP contribution in [0, 0.1) is 5.92 Å². The van der Waals surface area contributed by atoms with Gasteiger partial charge >= 0.3 is 5.97 Å². The summed E-state index contributed by atoms with van der Waals surface area (Å²) < 4.78 is 5.06. The first-order valence-electron chi connectivity index (χ1n) is 7.91. The molecule has 23 heavy (non-hydrogen) atoms. The highest BCUT2D eigenvalue weighted by atomic mass is 16.5. The second kappa shape index (κ2) is 5.65. The van der Waals surface area contributed by atoms with Gasteiger partial charge in [0.05, 0.1) is 12.3 Å². The van der Waals surface area contributed by atoms with E-state index in [1.54, 1.807) is 31.2 Å². The van der Waals surface area contributed by atoms with Crippen molar-refractivity contribution in [1.82, 2.24) is 4.90 Å². The van der Waals surface area contributed by atoms with E-state index < -0.39 is 12.0 Å². The van der Waals surface area contributed by atoms with E-state index in [4.69, 9.17) is 4.74 Å². The number of nitrogens with zero attached hydrogens (tertiary/aromatic N) is 1. The van der Waals surface area contributed by atoms with Crippen molar-refractivity contribution in [3.05, 3.63) is 41.0 Å². The van der Waals surface area contributed by atoms with Gasteiger partial charge in [0.15, 0.2) is 5.78 Å². The molecule has 0 saturated carbocycles. The van der Waals surface area contributed by atoms with Crippen molar-refractivity contribution in [2.45, 2.75) is 33.2 Å². The Morgan fingerprint density at radius 2 is 1.87 bits per heavy atom. The molecule has 1 unspecified atom stereocenters. The number of esters is 1. The lowest BCUT2D eigenvalue weighted by molar-refractivity contribution is -0.140. The van der Waals surface area contributed by atoms with E-state index in [-0.39, 0.29) is 29.8 Å². The second-order valence-electron chi connectivity index (χ2n) is 5.86. The summed E-state index contributed by atoms with van der Waals surface area (Å²) in [5.74, 6) is -1.21. The van der Waals surface area contributed by atoms with Crippen LogP contribution in [0.15, 0.2) is 29.8 Å². The molecule has 1 amide bonds. The molecule has 0 fully saturated rings. The summed E-state index contributed by atoms with van der Waals surface area (Å²) in [5, 5.41) is 0. The average Bonchev–Trinajstić information content (AvgIpc) is 3.00. The van der Waals surface area contributed by atoms with Crippen molar-refractivity contribution in [3.63, 3.8) is 0 Å². The number of ketones is 1. The van der Waals surface area contributed by atoms with Crippen LogP contribution in [-0.2, 0) is 14.3 Å². The lowest BCUT2D eigenvalue weighted by Crippen LogP contribution is -2.41. The van der Waals surface area contributed by atoms with E-state index in [1.165, 1.54) is 4.90 Å². The Kier molecular flexibility index (Phi) is 3.80. The third-order valence-electron chi connectivity index (χ3n) is 4.56. The molecule has 0 radical (unpaired) electrons. The number of hydrogen-bond acceptors (Lipinski definition) is 4. The Morgan fingerprint density at radius 3 is 2.48 bits per heavy atom. The van der Waals surface area contributed by atoms with E-state index >= 15 is 0 Å². The maximum absolute atomic E-state index is 12.8. The number of ether oxygens (including phenoxy) is 1. The largest absolute Gasteiger partial charge is 0.462 e. The molecule has 0 saturated heterocycles. The zero-order valence-corrected chi connectivity index (χ0v) is 13.5. The highest BCUT2D eigenvalue weighted by Gasteiger charge is 2.52. The quantitative estimate of drug-likeness (QED) is 0.632. The summed E-state index contributed by atoms with van der Waals surface area (Å²) in [6.45, 7) is 5.77. The summed E-state index contributed by atoms with van der Waals surface area (Å²) in [6.07, 6.45) is 0.736. The Balaban J connectivity index is 2.21. The number of hydrogen-bond donors (Lipinski definition) is 0. The maximum atomic E-state index is 12.8. The van der Waals surface area contributed by atoms with E-state index in [0.29, 0.717) is 16.8 Å². The van der Waals surface area contributed by atoms with Crippen LogP contribution in [0.1, 0.15) is 43.1 Å². The molecule has 5 nitrogen and oxygen atoms in total. The maximum Gasteiger partial charge on any atom is 0.344 e. The normalized spacial score (nSPS) is 20.7. The van der Waals surface area contributed by atoms with Gasteiger partial charge in [-0.3, -0.25) is 14.5 Å². The Hall–Kier alpha value is -2.43. The number of carbonyl (C=O) groups is 3. The molecule has 2 aliphatic heterocycles. The molecule has 5 heteroatoms. The molecule has 2 atom stereocenters. The number of amides is 1. The van der Waals surface area contributed by atoms with Gasteiger partial charge in [0.2, 0.25) is 0 Å². The summed E-state index contributed by atoms with van der Waals surface area (Å²) in [7, 11) is 0. The SMILES string of the molecule is CCOC(=O)C1=C2c3ccccc3C(=O)N2C([C@@H](C)CC)C1=O. The summed E-state index contributed by atoms with van der Waals surface area (Å²) in [5.41, 5.74) is 1.60. The van der Waals surface area contributed by atoms with Crippen LogP contribution in [0.4, 0.5) is 0 Å². The Labute approximate surface area is 134 Å². The van der Waals surface area contributed by atoms with Crippen molar-refractivity contribution < 1.29 is 19.1 Å². The minimum absolute atomic E-state index is 0.00968. The molecule has 2 aliphatic rings. The fraction of sp³-hybridized carbons (Fsp3) is 0.389.